The molecule has 0 aliphatic rings. The number of ether oxygens (including phenoxy) is 1. The molecule has 4 nitrogen and oxygen atoms in total. The van der Waals surface area contributed by atoms with Crippen LogP contribution in [-0.4, -0.2) is 19.2 Å². The van der Waals surface area contributed by atoms with Gasteiger partial charge in [-0.25, -0.2) is 4.79 Å². The van der Waals surface area contributed by atoms with Crippen LogP contribution in [0.2, 0.25) is 0 Å². The highest BCUT2D eigenvalue weighted by Crippen LogP contribution is 2.20. The fourth-order valence-corrected chi connectivity index (χ4v) is 1.32. The molecule has 0 atom stereocenters. The zero-order valence-corrected chi connectivity index (χ0v) is 10.1. The standard InChI is InChI=1S/C12H18N2O2/c1-8(2)13-12(15)14-11-6-5-10(16-4)7-9(11)3/h5-8H,1-4H3,(H2,13,14,15). The van der Waals surface area contributed by atoms with Crippen LogP contribution < -0.4 is 15.4 Å². The molecule has 4 heteroatoms. The molecule has 0 aliphatic heterocycles. The van der Waals surface area contributed by atoms with E-state index in [9.17, 15) is 4.79 Å². The number of amides is 2. The number of methoxy groups -OCH3 is 1. The lowest BCUT2D eigenvalue weighted by atomic mass is 10.2. The Hall–Kier alpha value is -1.71. The van der Waals surface area contributed by atoms with Gasteiger partial charge in [-0.1, -0.05) is 0 Å². The summed E-state index contributed by atoms with van der Waals surface area (Å²) in [6.45, 7) is 5.76. The van der Waals surface area contributed by atoms with Crippen molar-refractivity contribution in [2.75, 3.05) is 12.4 Å². The maximum atomic E-state index is 11.5. The van der Waals surface area contributed by atoms with E-state index < -0.39 is 0 Å². The van der Waals surface area contributed by atoms with Crippen LogP contribution in [0, 0.1) is 6.92 Å². The van der Waals surface area contributed by atoms with Gasteiger partial charge in [-0.2, -0.15) is 0 Å². The van der Waals surface area contributed by atoms with Crippen molar-refractivity contribution in [1.82, 2.24) is 5.32 Å². The molecule has 0 saturated heterocycles. The molecule has 0 radical (unpaired) electrons. The number of hydrogen-bond donors (Lipinski definition) is 2. The molecule has 0 fully saturated rings. The summed E-state index contributed by atoms with van der Waals surface area (Å²) in [6, 6.07) is 5.46. The summed E-state index contributed by atoms with van der Waals surface area (Å²) in [4.78, 5) is 11.5. The first kappa shape index (κ1) is 12.4. The zero-order valence-electron chi connectivity index (χ0n) is 10.1. The molecule has 0 spiro atoms. The molecular formula is C12H18N2O2. The normalized spacial score (nSPS) is 10.1. The summed E-state index contributed by atoms with van der Waals surface area (Å²) in [7, 11) is 1.62. The third-order valence-corrected chi connectivity index (χ3v) is 2.10. The van der Waals surface area contributed by atoms with E-state index in [1.54, 1.807) is 7.11 Å². The number of nitrogens with one attached hydrogen (secondary N) is 2. The molecule has 1 rings (SSSR count). The van der Waals surface area contributed by atoms with Crippen LogP contribution in [0.15, 0.2) is 18.2 Å². The first-order chi connectivity index (χ1) is 7.52. The first-order valence-corrected chi connectivity index (χ1v) is 5.25. The van der Waals surface area contributed by atoms with Crippen molar-refractivity contribution in [3.8, 4) is 5.75 Å². The predicted octanol–water partition coefficient (Wildman–Crippen LogP) is 2.53. The van der Waals surface area contributed by atoms with Crippen molar-refractivity contribution < 1.29 is 9.53 Å². The van der Waals surface area contributed by atoms with Crippen LogP contribution in [0.4, 0.5) is 10.5 Å². The fourth-order valence-electron chi connectivity index (χ4n) is 1.32. The molecule has 0 saturated carbocycles. The predicted molar refractivity (Wildman–Crippen MR) is 65.0 cm³/mol. The average Bonchev–Trinajstić information content (AvgIpc) is 2.19. The van der Waals surface area contributed by atoms with E-state index in [2.05, 4.69) is 10.6 Å². The molecule has 2 amide bonds. The van der Waals surface area contributed by atoms with Crippen LogP contribution >= 0.6 is 0 Å². The summed E-state index contributed by atoms with van der Waals surface area (Å²) in [5, 5.41) is 5.55. The van der Waals surface area contributed by atoms with E-state index in [0.717, 1.165) is 17.0 Å². The second kappa shape index (κ2) is 5.39. The van der Waals surface area contributed by atoms with Crippen LogP contribution in [0.25, 0.3) is 0 Å². The highest BCUT2D eigenvalue weighted by molar-refractivity contribution is 5.90. The minimum absolute atomic E-state index is 0.124. The van der Waals surface area contributed by atoms with Crippen LogP contribution in [0.1, 0.15) is 19.4 Å². The maximum Gasteiger partial charge on any atom is 0.319 e. The number of hydrogen-bond acceptors (Lipinski definition) is 2. The largest absolute Gasteiger partial charge is 0.497 e. The Morgan fingerprint density at radius 1 is 1.38 bits per heavy atom. The van der Waals surface area contributed by atoms with Gasteiger partial charge in [0.1, 0.15) is 5.75 Å². The molecule has 2 N–H and O–H groups in total. The Labute approximate surface area is 96.0 Å². The second-order valence-electron chi connectivity index (χ2n) is 3.93. The van der Waals surface area contributed by atoms with E-state index in [0.29, 0.717) is 0 Å². The molecular weight excluding hydrogens is 204 g/mol. The van der Waals surface area contributed by atoms with Gasteiger partial charge in [0.2, 0.25) is 0 Å². The number of aryl methyl sites for hydroxylation is 1. The maximum absolute atomic E-state index is 11.5. The molecule has 88 valence electrons. The third kappa shape index (κ3) is 3.46. The lowest BCUT2D eigenvalue weighted by Crippen LogP contribution is -2.34. The minimum Gasteiger partial charge on any atom is -0.497 e. The van der Waals surface area contributed by atoms with E-state index >= 15 is 0 Å². The molecule has 0 heterocycles. The van der Waals surface area contributed by atoms with E-state index in [-0.39, 0.29) is 12.1 Å². The van der Waals surface area contributed by atoms with Gasteiger partial charge in [0.15, 0.2) is 0 Å². The zero-order chi connectivity index (χ0) is 12.1. The highest BCUT2D eigenvalue weighted by atomic mass is 16.5. The van der Waals surface area contributed by atoms with Crippen molar-refractivity contribution in [2.24, 2.45) is 0 Å². The summed E-state index contributed by atoms with van der Waals surface area (Å²) >= 11 is 0. The van der Waals surface area contributed by atoms with Crippen molar-refractivity contribution >= 4 is 11.7 Å². The number of carbonyl (C=O) groups is 1. The smallest absolute Gasteiger partial charge is 0.319 e. The van der Waals surface area contributed by atoms with Crippen molar-refractivity contribution in [1.29, 1.82) is 0 Å². The number of carbonyl (C=O) groups excluding carboxylic acids is 1. The Morgan fingerprint density at radius 2 is 2.06 bits per heavy atom. The fraction of sp³-hybridized carbons (Fsp3) is 0.417. The van der Waals surface area contributed by atoms with Crippen LogP contribution in [0.3, 0.4) is 0 Å². The molecule has 0 bridgehead atoms. The van der Waals surface area contributed by atoms with Gasteiger partial charge in [0.05, 0.1) is 7.11 Å². The summed E-state index contributed by atoms with van der Waals surface area (Å²) in [5.41, 5.74) is 1.76. The van der Waals surface area contributed by atoms with E-state index in [4.69, 9.17) is 4.74 Å². The Kier molecular flexibility index (Phi) is 4.17. The summed E-state index contributed by atoms with van der Waals surface area (Å²) < 4.78 is 5.09. The highest BCUT2D eigenvalue weighted by Gasteiger charge is 2.05. The van der Waals surface area contributed by atoms with E-state index in [1.807, 2.05) is 39.0 Å². The van der Waals surface area contributed by atoms with E-state index in [1.165, 1.54) is 0 Å². The summed E-state index contributed by atoms with van der Waals surface area (Å²) in [5.74, 6) is 0.785. The number of benzene rings is 1. The Bertz CT molecular complexity index is 375. The van der Waals surface area contributed by atoms with Crippen LogP contribution in [0.5, 0.6) is 5.75 Å². The molecule has 16 heavy (non-hydrogen) atoms. The quantitative estimate of drug-likeness (QED) is 0.825. The molecule has 0 unspecified atom stereocenters. The van der Waals surface area contributed by atoms with Crippen molar-refractivity contribution in [3.63, 3.8) is 0 Å². The molecule has 0 aromatic heterocycles. The number of rotatable bonds is 3. The SMILES string of the molecule is COc1ccc(NC(=O)NC(C)C)c(C)c1. The second-order valence-corrected chi connectivity index (χ2v) is 3.93. The number of anilines is 1. The molecule has 1 aromatic carbocycles. The first-order valence-electron chi connectivity index (χ1n) is 5.25. The van der Waals surface area contributed by atoms with Gasteiger partial charge in [0, 0.05) is 11.7 Å². The van der Waals surface area contributed by atoms with Gasteiger partial charge in [0.25, 0.3) is 0 Å². The van der Waals surface area contributed by atoms with Gasteiger partial charge in [-0.3, -0.25) is 0 Å². The van der Waals surface area contributed by atoms with Crippen molar-refractivity contribution in [2.45, 2.75) is 26.8 Å². The van der Waals surface area contributed by atoms with Gasteiger partial charge >= 0.3 is 6.03 Å². The third-order valence-electron chi connectivity index (χ3n) is 2.10. The lowest BCUT2D eigenvalue weighted by molar-refractivity contribution is 0.250. The molecule has 1 aromatic rings. The Balaban J connectivity index is 2.70. The monoisotopic (exact) mass is 222 g/mol. The van der Waals surface area contributed by atoms with Gasteiger partial charge < -0.3 is 15.4 Å². The Morgan fingerprint density at radius 3 is 2.56 bits per heavy atom. The van der Waals surface area contributed by atoms with Crippen molar-refractivity contribution in [3.05, 3.63) is 23.8 Å². The van der Waals surface area contributed by atoms with Crippen LogP contribution in [-0.2, 0) is 0 Å². The molecule has 0 aliphatic carbocycles. The lowest BCUT2D eigenvalue weighted by Gasteiger charge is -2.12. The topological polar surface area (TPSA) is 50.4 Å². The number of urea groups is 1. The minimum atomic E-state index is -0.191. The summed E-state index contributed by atoms with van der Waals surface area (Å²) in [6.07, 6.45) is 0. The average molecular weight is 222 g/mol. The van der Waals surface area contributed by atoms with Gasteiger partial charge in [-0.15, -0.1) is 0 Å². The van der Waals surface area contributed by atoms with Gasteiger partial charge in [-0.05, 0) is 44.5 Å².